The minimum Gasteiger partial charge on any atom is -0.0599 e. The largest absolute Gasteiger partial charge is 0.0599 e. The van der Waals surface area contributed by atoms with Gasteiger partial charge in [-0.05, 0) is 179 Å². The average molecular weight is 693 g/mol. The SMILES string of the molecule is CC(C)(C)C12CCC(C1)C2(C)C.CC(C)(C)C12CCC(CC1)C2(C)C.CC(C)(C)C1CC2CC1C2(C)C.CC(C)(C)C1CC2CCC1C2(C)C. The molecule has 0 amide bonds. The quantitative estimate of drug-likeness (QED) is 0.237. The van der Waals surface area contributed by atoms with Crippen LogP contribution in [0.3, 0.4) is 0 Å². The second-order valence-corrected chi connectivity index (χ2v) is 26.8. The molecule has 292 valence electrons. The maximum Gasteiger partial charge on any atom is -0.0192 e. The van der Waals surface area contributed by atoms with Gasteiger partial charge in [0.25, 0.3) is 0 Å². The summed E-state index contributed by atoms with van der Waals surface area (Å²) in [5.74, 6) is 8.16. The highest BCUT2D eigenvalue weighted by atomic mass is 14.7. The first-order valence-corrected chi connectivity index (χ1v) is 22.3. The predicted molar refractivity (Wildman–Crippen MR) is 221 cm³/mol. The summed E-state index contributed by atoms with van der Waals surface area (Å²) in [6.45, 7) is 49.1. The summed E-state index contributed by atoms with van der Waals surface area (Å²) in [7, 11) is 0. The molecule has 0 aromatic carbocycles. The highest BCUT2D eigenvalue weighted by Crippen LogP contribution is 2.76. The van der Waals surface area contributed by atoms with Gasteiger partial charge in [-0.2, -0.15) is 0 Å². The highest BCUT2D eigenvalue weighted by molar-refractivity contribution is 5.17. The zero-order chi connectivity index (χ0) is 38.1. The Kier molecular flexibility index (Phi) is 10.1. The molecule has 0 radical (unpaired) electrons. The first-order chi connectivity index (χ1) is 22.3. The summed E-state index contributed by atoms with van der Waals surface area (Å²) in [6.07, 6.45) is 17.9. The standard InChI is InChI=1S/2C13H24.2C12H22/c1-11(2,3)13-8-6-10(7-9-13)12(13,4)5;1-12(2,3)11-8-9-6-7-10(11)13(9,4)5;1-11(2,3)9-6-8-7-10(9)12(8,4)5;1-10(2,3)12-7-6-9(8-12)11(12,4)5/h10H,6-9H2,1-5H3;9-11H,6-8H2,1-5H3;8-10H,6-7H2,1-5H3;9H,6-8H2,1-5H3. The van der Waals surface area contributed by atoms with E-state index in [9.17, 15) is 0 Å². The summed E-state index contributed by atoms with van der Waals surface area (Å²) in [5, 5.41) is 0. The van der Waals surface area contributed by atoms with E-state index < -0.39 is 0 Å². The summed E-state index contributed by atoms with van der Waals surface area (Å²) in [6, 6.07) is 0. The Balaban J connectivity index is 0.000000130. The second kappa shape index (κ2) is 12.2. The van der Waals surface area contributed by atoms with Gasteiger partial charge < -0.3 is 0 Å². The van der Waals surface area contributed by atoms with E-state index in [1.165, 1.54) is 77.0 Å². The molecule has 10 rings (SSSR count). The molecule has 0 aromatic heterocycles. The van der Waals surface area contributed by atoms with Gasteiger partial charge in [-0.3, -0.25) is 0 Å². The Labute approximate surface area is 316 Å². The third-order valence-electron chi connectivity index (χ3n) is 20.4. The van der Waals surface area contributed by atoms with Crippen molar-refractivity contribution in [3.8, 4) is 0 Å². The van der Waals surface area contributed by atoms with E-state index in [0.29, 0.717) is 54.1 Å². The van der Waals surface area contributed by atoms with Crippen molar-refractivity contribution in [2.24, 2.45) is 101 Å². The van der Waals surface area contributed by atoms with Crippen molar-refractivity contribution in [2.75, 3.05) is 0 Å². The summed E-state index contributed by atoms with van der Waals surface area (Å²) >= 11 is 0. The maximum atomic E-state index is 2.52. The van der Waals surface area contributed by atoms with E-state index in [4.69, 9.17) is 0 Å². The van der Waals surface area contributed by atoms with Gasteiger partial charge in [0.05, 0.1) is 0 Å². The molecule has 0 aromatic rings. The minimum absolute atomic E-state index is 0.502. The van der Waals surface area contributed by atoms with Crippen LogP contribution in [0.25, 0.3) is 0 Å². The van der Waals surface area contributed by atoms with E-state index in [0.717, 1.165) is 47.3 Å². The molecule has 50 heavy (non-hydrogen) atoms. The molecular formula is C50H92. The molecule has 10 fully saturated rings. The zero-order valence-electron chi connectivity index (χ0n) is 38.1. The molecule has 0 heteroatoms. The third-order valence-corrected chi connectivity index (χ3v) is 20.4. The lowest BCUT2D eigenvalue weighted by Crippen LogP contribution is -2.55. The van der Waals surface area contributed by atoms with Crippen molar-refractivity contribution in [3.63, 3.8) is 0 Å². The molecule has 10 aliphatic carbocycles. The van der Waals surface area contributed by atoms with Crippen molar-refractivity contribution >= 4 is 0 Å². The van der Waals surface area contributed by atoms with Crippen molar-refractivity contribution in [3.05, 3.63) is 0 Å². The number of hydrogen-bond acceptors (Lipinski definition) is 0. The lowest BCUT2D eigenvalue weighted by Gasteiger charge is -2.62. The van der Waals surface area contributed by atoms with Crippen LogP contribution in [-0.2, 0) is 0 Å². The van der Waals surface area contributed by atoms with Gasteiger partial charge in [0, 0.05) is 0 Å². The number of hydrogen-bond donors (Lipinski definition) is 0. The van der Waals surface area contributed by atoms with Crippen molar-refractivity contribution < 1.29 is 0 Å². The monoisotopic (exact) mass is 693 g/mol. The minimum atomic E-state index is 0.502. The Bertz CT molecular complexity index is 1190. The molecule has 8 unspecified atom stereocenters. The Hall–Kier alpha value is 0. The normalized spacial score (nSPS) is 43.4. The smallest absolute Gasteiger partial charge is 0.0192 e. The van der Waals surface area contributed by atoms with Crippen molar-refractivity contribution in [2.45, 2.75) is 216 Å². The fourth-order valence-corrected chi connectivity index (χ4v) is 16.3. The Morgan fingerprint density at radius 3 is 0.960 bits per heavy atom. The van der Waals surface area contributed by atoms with E-state index >= 15 is 0 Å². The van der Waals surface area contributed by atoms with E-state index in [1.807, 2.05) is 0 Å². The fraction of sp³-hybridized carbons (Fsp3) is 1.00. The second-order valence-electron chi connectivity index (χ2n) is 26.8. The topological polar surface area (TPSA) is 0 Å². The van der Waals surface area contributed by atoms with Gasteiger partial charge in [0.1, 0.15) is 0 Å². The Morgan fingerprint density at radius 1 is 0.380 bits per heavy atom. The molecule has 0 spiro atoms. The molecule has 8 atom stereocenters. The highest BCUT2D eigenvalue weighted by Gasteiger charge is 2.68. The maximum absolute atomic E-state index is 2.52. The van der Waals surface area contributed by atoms with Crippen molar-refractivity contribution in [1.82, 2.24) is 0 Å². The molecule has 0 aliphatic heterocycles. The van der Waals surface area contributed by atoms with Crippen LogP contribution in [0.4, 0.5) is 0 Å². The van der Waals surface area contributed by atoms with Crippen LogP contribution in [0, 0.1) is 101 Å². The predicted octanol–water partition coefficient (Wildman–Crippen LogP) is 15.9. The van der Waals surface area contributed by atoms with Gasteiger partial charge in [0.2, 0.25) is 0 Å². The van der Waals surface area contributed by atoms with Gasteiger partial charge in [0.15, 0.2) is 0 Å². The number of rotatable bonds is 0. The van der Waals surface area contributed by atoms with E-state index in [2.05, 4.69) is 138 Å². The molecule has 10 aliphatic rings. The Morgan fingerprint density at radius 2 is 0.780 bits per heavy atom. The first-order valence-electron chi connectivity index (χ1n) is 22.3. The molecular weight excluding hydrogens is 601 g/mol. The average Bonchev–Trinajstić information content (AvgIpc) is 3.82. The lowest BCUT2D eigenvalue weighted by molar-refractivity contribution is -0.132. The summed E-state index contributed by atoms with van der Waals surface area (Å²) in [5.41, 5.74) is 5.98. The third kappa shape index (κ3) is 6.09. The molecule has 10 saturated carbocycles. The zero-order valence-corrected chi connectivity index (χ0v) is 38.1. The molecule has 0 nitrogen and oxygen atoms in total. The fourth-order valence-electron chi connectivity index (χ4n) is 16.3. The molecule has 8 bridgehead atoms. The van der Waals surface area contributed by atoms with E-state index in [-0.39, 0.29) is 0 Å². The van der Waals surface area contributed by atoms with Crippen LogP contribution in [0.5, 0.6) is 0 Å². The first kappa shape index (κ1) is 41.2. The molecule has 0 saturated heterocycles. The van der Waals surface area contributed by atoms with Crippen LogP contribution >= 0.6 is 0 Å². The van der Waals surface area contributed by atoms with Gasteiger partial charge in [-0.25, -0.2) is 0 Å². The van der Waals surface area contributed by atoms with E-state index in [1.54, 1.807) is 0 Å². The molecule has 0 heterocycles. The summed E-state index contributed by atoms with van der Waals surface area (Å²) in [4.78, 5) is 0. The van der Waals surface area contributed by atoms with Crippen LogP contribution in [0.15, 0.2) is 0 Å². The van der Waals surface area contributed by atoms with Gasteiger partial charge >= 0.3 is 0 Å². The van der Waals surface area contributed by atoms with Crippen LogP contribution < -0.4 is 0 Å². The van der Waals surface area contributed by atoms with Crippen molar-refractivity contribution in [1.29, 1.82) is 0 Å². The van der Waals surface area contributed by atoms with Crippen LogP contribution in [-0.4, -0.2) is 0 Å². The number of fused-ring (bicyclic) bond motifs is 6. The lowest BCUT2D eigenvalue weighted by atomic mass is 9.43. The summed E-state index contributed by atoms with van der Waals surface area (Å²) < 4.78 is 0. The van der Waals surface area contributed by atoms with Crippen LogP contribution in [0.1, 0.15) is 216 Å². The van der Waals surface area contributed by atoms with Crippen LogP contribution in [0.2, 0.25) is 0 Å². The van der Waals surface area contributed by atoms with Gasteiger partial charge in [-0.1, -0.05) is 138 Å². The molecule has 0 N–H and O–H groups in total. The van der Waals surface area contributed by atoms with Gasteiger partial charge in [-0.15, -0.1) is 0 Å².